The summed E-state index contributed by atoms with van der Waals surface area (Å²) < 4.78 is 10.7. The number of carbonyl (C=O) groups excluding carboxylic acids is 3. The number of aryl methyl sites for hydroxylation is 1. The van der Waals surface area contributed by atoms with Gasteiger partial charge in [-0.15, -0.1) is 0 Å². The Hall–Kier alpha value is -2.83. The van der Waals surface area contributed by atoms with Crippen molar-refractivity contribution in [1.82, 2.24) is 5.32 Å². The van der Waals surface area contributed by atoms with E-state index in [2.05, 4.69) is 17.2 Å². The molecule has 0 saturated heterocycles. The maximum atomic E-state index is 12.7. The van der Waals surface area contributed by atoms with Crippen molar-refractivity contribution in [1.29, 1.82) is 0 Å². The van der Waals surface area contributed by atoms with E-state index in [9.17, 15) is 14.4 Å². The van der Waals surface area contributed by atoms with E-state index in [0.29, 0.717) is 11.3 Å². The molecule has 29 heavy (non-hydrogen) atoms. The van der Waals surface area contributed by atoms with Gasteiger partial charge in [-0.25, -0.2) is 9.59 Å². The van der Waals surface area contributed by atoms with E-state index < -0.39 is 29.3 Å². The van der Waals surface area contributed by atoms with Crippen LogP contribution in [0.3, 0.4) is 0 Å². The van der Waals surface area contributed by atoms with Crippen LogP contribution in [-0.2, 0) is 25.5 Å². The lowest BCUT2D eigenvalue weighted by Gasteiger charge is -2.26. The lowest BCUT2D eigenvalue weighted by molar-refractivity contribution is -0.157. The quantitative estimate of drug-likeness (QED) is 0.554. The zero-order valence-electron chi connectivity index (χ0n) is 18.3. The number of amides is 2. The van der Waals surface area contributed by atoms with Gasteiger partial charge in [0.15, 0.2) is 0 Å². The summed E-state index contributed by atoms with van der Waals surface area (Å²) >= 11 is 0. The molecule has 0 bridgehead atoms. The minimum atomic E-state index is -0.994. The van der Waals surface area contributed by atoms with Crippen molar-refractivity contribution in [3.8, 4) is 0 Å². The van der Waals surface area contributed by atoms with Crippen LogP contribution in [0.5, 0.6) is 0 Å². The molecule has 7 heteroatoms. The number of alkyl carbamates (subject to hydrolysis) is 1. The second kappa shape index (κ2) is 9.58. The molecule has 160 valence electrons. The Morgan fingerprint density at radius 2 is 1.66 bits per heavy atom. The molecule has 0 aliphatic carbocycles. The van der Waals surface area contributed by atoms with Crippen molar-refractivity contribution in [2.75, 3.05) is 5.32 Å². The smallest absolute Gasteiger partial charge is 0.408 e. The molecule has 1 aromatic carbocycles. The Labute approximate surface area is 172 Å². The summed E-state index contributed by atoms with van der Waals surface area (Å²) in [5.41, 5.74) is 0.697. The van der Waals surface area contributed by atoms with Crippen molar-refractivity contribution in [3.63, 3.8) is 0 Å². The van der Waals surface area contributed by atoms with Crippen LogP contribution >= 0.6 is 0 Å². The van der Waals surface area contributed by atoms with E-state index in [-0.39, 0.29) is 12.3 Å². The molecule has 0 fully saturated rings. The van der Waals surface area contributed by atoms with Crippen molar-refractivity contribution >= 4 is 23.7 Å². The monoisotopic (exact) mass is 404 g/mol. The zero-order chi connectivity index (χ0) is 22.4. The molecule has 0 aliphatic rings. The molecule has 0 heterocycles. The Bertz CT molecular complexity index is 772. The first-order valence-corrected chi connectivity index (χ1v) is 9.45. The second-order valence-corrected chi connectivity index (χ2v) is 8.79. The van der Waals surface area contributed by atoms with Crippen molar-refractivity contribution < 1.29 is 23.9 Å². The highest BCUT2D eigenvalue weighted by molar-refractivity contribution is 5.99. The number of rotatable bonds is 6. The average Bonchev–Trinajstić information content (AvgIpc) is 2.52. The molecule has 1 aromatic rings. The lowest BCUT2D eigenvalue weighted by atomic mass is 10.0. The first-order chi connectivity index (χ1) is 13.2. The molecule has 0 aromatic heterocycles. The predicted octanol–water partition coefficient (Wildman–Crippen LogP) is 3.90. The van der Waals surface area contributed by atoms with Gasteiger partial charge in [-0.05, 0) is 71.7 Å². The van der Waals surface area contributed by atoms with Gasteiger partial charge >= 0.3 is 12.1 Å². The molecule has 1 rings (SSSR count). The van der Waals surface area contributed by atoms with Crippen molar-refractivity contribution in [2.24, 2.45) is 0 Å². The summed E-state index contributed by atoms with van der Waals surface area (Å²) in [4.78, 5) is 36.8. The Balaban J connectivity index is 3.16. The number of ether oxygens (including phenoxy) is 2. The van der Waals surface area contributed by atoms with E-state index >= 15 is 0 Å². The molecule has 0 aliphatic heterocycles. The lowest BCUT2D eigenvalue weighted by Crippen LogP contribution is -2.47. The maximum absolute atomic E-state index is 12.7. The van der Waals surface area contributed by atoms with Gasteiger partial charge in [0, 0.05) is 12.1 Å². The first-order valence-electron chi connectivity index (χ1n) is 9.45. The van der Waals surface area contributed by atoms with Crippen LogP contribution in [0.1, 0.15) is 52.7 Å². The van der Waals surface area contributed by atoms with Crippen LogP contribution in [0.25, 0.3) is 0 Å². The van der Waals surface area contributed by atoms with Gasteiger partial charge in [0.25, 0.3) is 0 Å². The van der Waals surface area contributed by atoms with Gasteiger partial charge in [-0.3, -0.25) is 4.79 Å². The third-order valence-corrected chi connectivity index (χ3v) is 3.51. The molecule has 1 atom stereocenters. The van der Waals surface area contributed by atoms with Gasteiger partial charge in [0.2, 0.25) is 5.91 Å². The Kier molecular flexibility index (Phi) is 8.00. The minimum Gasteiger partial charge on any atom is -0.458 e. The highest BCUT2D eigenvalue weighted by atomic mass is 16.6. The van der Waals surface area contributed by atoms with Crippen LogP contribution < -0.4 is 10.6 Å². The van der Waals surface area contributed by atoms with Gasteiger partial charge in [0.1, 0.15) is 17.2 Å². The van der Waals surface area contributed by atoms with Crippen LogP contribution in [0, 0.1) is 6.92 Å². The van der Waals surface area contributed by atoms with Gasteiger partial charge in [-0.2, -0.15) is 0 Å². The number of carbonyl (C=O) groups is 3. The highest BCUT2D eigenvalue weighted by Crippen LogP contribution is 2.21. The maximum Gasteiger partial charge on any atom is 0.408 e. The number of hydrogen-bond donors (Lipinski definition) is 2. The number of anilines is 1. The topological polar surface area (TPSA) is 93.7 Å². The average molecular weight is 405 g/mol. The van der Waals surface area contributed by atoms with E-state index in [0.717, 1.165) is 11.6 Å². The zero-order valence-corrected chi connectivity index (χ0v) is 18.3. The SMILES string of the molecule is C=CC(=O)Nc1cc(C)ccc1C[C@H](NC(=O)OC(C)(C)C)C(=O)OC(C)(C)C. The minimum absolute atomic E-state index is 0.112. The molecule has 0 radical (unpaired) electrons. The van der Waals surface area contributed by atoms with E-state index in [1.165, 1.54) is 0 Å². The molecule has 2 N–H and O–H groups in total. The van der Waals surface area contributed by atoms with E-state index in [4.69, 9.17) is 9.47 Å². The molecule has 0 unspecified atom stereocenters. The largest absolute Gasteiger partial charge is 0.458 e. The summed E-state index contributed by atoms with van der Waals surface area (Å²) in [6, 6.07) is 4.45. The second-order valence-electron chi connectivity index (χ2n) is 8.79. The normalized spacial score (nSPS) is 12.5. The Morgan fingerprint density at radius 1 is 1.07 bits per heavy atom. The fourth-order valence-electron chi connectivity index (χ4n) is 2.40. The van der Waals surface area contributed by atoms with Crippen LogP contribution in [0.4, 0.5) is 10.5 Å². The standard InChI is InChI=1S/C22H32N2O5/c1-9-18(25)23-16-12-14(2)10-11-15(16)13-17(19(26)28-21(3,4)5)24-20(27)29-22(6,7)8/h9-12,17H,1,13H2,2-8H3,(H,23,25)(H,24,27)/t17-/m0/s1. The fraction of sp³-hybridized carbons (Fsp3) is 0.500. The first kappa shape index (κ1) is 24.2. The third-order valence-electron chi connectivity index (χ3n) is 3.51. The van der Waals surface area contributed by atoms with Gasteiger partial charge < -0.3 is 20.1 Å². The predicted molar refractivity (Wildman–Crippen MR) is 113 cm³/mol. The number of esters is 1. The van der Waals surface area contributed by atoms with Crippen molar-refractivity contribution in [2.45, 2.75) is 72.1 Å². The van der Waals surface area contributed by atoms with E-state index in [1.54, 1.807) is 53.7 Å². The molecule has 2 amide bonds. The summed E-state index contributed by atoms with van der Waals surface area (Å²) in [6.45, 7) is 15.8. The van der Waals surface area contributed by atoms with Crippen LogP contribution in [0.2, 0.25) is 0 Å². The summed E-state index contributed by atoms with van der Waals surface area (Å²) in [5.74, 6) is -0.962. The fourth-order valence-corrected chi connectivity index (χ4v) is 2.40. The number of hydrogen-bond acceptors (Lipinski definition) is 5. The molecule has 7 nitrogen and oxygen atoms in total. The van der Waals surface area contributed by atoms with Gasteiger partial charge in [0.05, 0.1) is 0 Å². The molecule has 0 saturated carbocycles. The Morgan fingerprint density at radius 3 is 2.17 bits per heavy atom. The van der Waals surface area contributed by atoms with E-state index in [1.807, 2.05) is 13.0 Å². The highest BCUT2D eigenvalue weighted by Gasteiger charge is 2.29. The van der Waals surface area contributed by atoms with Crippen molar-refractivity contribution in [3.05, 3.63) is 42.0 Å². The number of nitrogens with one attached hydrogen (secondary N) is 2. The van der Waals surface area contributed by atoms with Crippen LogP contribution in [-0.4, -0.2) is 35.2 Å². The molecule has 0 spiro atoms. The summed E-state index contributed by atoms with van der Waals surface area (Å²) in [5, 5.41) is 5.32. The van der Waals surface area contributed by atoms with Crippen LogP contribution in [0.15, 0.2) is 30.9 Å². The molecular weight excluding hydrogens is 372 g/mol. The summed E-state index contributed by atoms with van der Waals surface area (Å²) in [6.07, 6.45) is 0.551. The number of benzene rings is 1. The summed E-state index contributed by atoms with van der Waals surface area (Å²) in [7, 11) is 0. The molecular formula is C22H32N2O5. The third kappa shape index (κ3) is 9.27. The van der Waals surface area contributed by atoms with Gasteiger partial charge in [-0.1, -0.05) is 18.7 Å².